The molecule has 1 aromatic heterocycles. The number of rotatable bonds is 3. The van der Waals surface area contributed by atoms with E-state index in [0.717, 1.165) is 17.7 Å². The highest BCUT2D eigenvalue weighted by Gasteiger charge is 2.08. The predicted molar refractivity (Wildman–Crippen MR) is 53.9 cm³/mol. The Morgan fingerprint density at radius 3 is 2.93 bits per heavy atom. The van der Waals surface area contributed by atoms with E-state index >= 15 is 0 Å². The molecule has 1 rings (SSSR count). The van der Waals surface area contributed by atoms with Crippen LogP contribution >= 0.6 is 0 Å². The van der Waals surface area contributed by atoms with Gasteiger partial charge in [-0.25, -0.2) is 0 Å². The molecule has 3 heteroatoms. The SMILES string of the molecule is CC(=O)OC(C)Cc1cccnc1C. The maximum absolute atomic E-state index is 10.7. The van der Waals surface area contributed by atoms with Crippen LogP contribution in [0.25, 0.3) is 0 Å². The van der Waals surface area contributed by atoms with Gasteiger partial charge in [0.2, 0.25) is 0 Å². The van der Waals surface area contributed by atoms with E-state index in [1.807, 2.05) is 26.0 Å². The molecule has 0 amide bonds. The highest BCUT2D eigenvalue weighted by atomic mass is 16.5. The molecule has 0 aromatic carbocycles. The Morgan fingerprint density at radius 2 is 2.36 bits per heavy atom. The molecule has 0 fully saturated rings. The van der Waals surface area contributed by atoms with Gasteiger partial charge in [-0.1, -0.05) is 6.07 Å². The summed E-state index contributed by atoms with van der Waals surface area (Å²) in [6, 6.07) is 3.89. The molecule has 1 aromatic rings. The average molecular weight is 193 g/mol. The summed E-state index contributed by atoms with van der Waals surface area (Å²) in [5.74, 6) is -0.237. The third-order valence-corrected chi connectivity index (χ3v) is 1.99. The molecule has 76 valence electrons. The number of carbonyl (C=O) groups is 1. The van der Waals surface area contributed by atoms with Crippen molar-refractivity contribution >= 4 is 5.97 Å². The van der Waals surface area contributed by atoms with Crippen LogP contribution in [0.3, 0.4) is 0 Å². The van der Waals surface area contributed by atoms with Crippen molar-refractivity contribution in [3.8, 4) is 0 Å². The van der Waals surface area contributed by atoms with Gasteiger partial charge in [0.15, 0.2) is 0 Å². The molecule has 3 nitrogen and oxygen atoms in total. The summed E-state index contributed by atoms with van der Waals surface area (Å²) in [7, 11) is 0. The van der Waals surface area contributed by atoms with Crippen LogP contribution in [-0.4, -0.2) is 17.1 Å². The quantitative estimate of drug-likeness (QED) is 0.688. The minimum absolute atomic E-state index is 0.0876. The summed E-state index contributed by atoms with van der Waals surface area (Å²) in [5.41, 5.74) is 2.12. The first-order valence-electron chi connectivity index (χ1n) is 4.67. The normalized spacial score (nSPS) is 12.2. The van der Waals surface area contributed by atoms with E-state index in [0.29, 0.717) is 0 Å². The molecule has 0 spiro atoms. The number of pyridine rings is 1. The first kappa shape index (κ1) is 10.7. The molecule has 0 saturated carbocycles. The highest BCUT2D eigenvalue weighted by Crippen LogP contribution is 2.08. The summed E-state index contributed by atoms with van der Waals surface area (Å²) in [6.07, 6.45) is 2.39. The standard InChI is InChI=1S/C11H15NO2/c1-8(14-10(3)13)7-11-5-4-6-12-9(11)2/h4-6,8H,7H2,1-3H3. The van der Waals surface area contributed by atoms with Crippen LogP contribution in [0, 0.1) is 6.92 Å². The summed E-state index contributed by atoms with van der Waals surface area (Å²) >= 11 is 0. The van der Waals surface area contributed by atoms with Crippen LogP contribution in [-0.2, 0) is 16.0 Å². The van der Waals surface area contributed by atoms with Crippen LogP contribution in [0.2, 0.25) is 0 Å². The number of aryl methyl sites for hydroxylation is 1. The van der Waals surface area contributed by atoms with Gasteiger partial charge in [0, 0.05) is 25.2 Å². The molecule has 14 heavy (non-hydrogen) atoms. The third-order valence-electron chi connectivity index (χ3n) is 1.99. The Hall–Kier alpha value is -1.38. The fourth-order valence-electron chi connectivity index (χ4n) is 1.37. The number of hydrogen-bond acceptors (Lipinski definition) is 3. The van der Waals surface area contributed by atoms with Crippen LogP contribution in [0.4, 0.5) is 0 Å². The lowest BCUT2D eigenvalue weighted by Gasteiger charge is -2.12. The van der Waals surface area contributed by atoms with Crippen molar-refractivity contribution in [2.24, 2.45) is 0 Å². The van der Waals surface area contributed by atoms with Gasteiger partial charge in [0.25, 0.3) is 0 Å². The highest BCUT2D eigenvalue weighted by molar-refractivity contribution is 5.66. The molecule has 0 saturated heterocycles. The fourth-order valence-corrected chi connectivity index (χ4v) is 1.37. The molecule has 0 aliphatic carbocycles. The molecule has 0 bridgehead atoms. The van der Waals surface area contributed by atoms with Gasteiger partial charge in [0.1, 0.15) is 6.10 Å². The van der Waals surface area contributed by atoms with Crippen LogP contribution < -0.4 is 0 Å². The van der Waals surface area contributed by atoms with Gasteiger partial charge < -0.3 is 4.74 Å². The predicted octanol–water partition coefficient (Wildman–Crippen LogP) is 1.88. The molecule has 0 N–H and O–H groups in total. The average Bonchev–Trinajstić information content (AvgIpc) is 2.07. The number of esters is 1. The molecule has 0 aliphatic heterocycles. The van der Waals surface area contributed by atoms with Crippen LogP contribution in [0.5, 0.6) is 0 Å². The van der Waals surface area contributed by atoms with Crippen LogP contribution in [0.1, 0.15) is 25.1 Å². The number of ether oxygens (including phenoxy) is 1. The van der Waals surface area contributed by atoms with E-state index in [-0.39, 0.29) is 12.1 Å². The second-order valence-electron chi connectivity index (χ2n) is 3.37. The molecular weight excluding hydrogens is 178 g/mol. The van der Waals surface area contributed by atoms with E-state index in [4.69, 9.17) is 4.74 Å². The Labute approximate surface area is 84.1 Å². The van der Waals surface area contributed by atoms with E-state index < -0.39 is 0 Å². The van der Waals surface area contributed by atoms with Crippen molar-refractivity contribution in [2.75, 3.05) is 0 Å². The monoisotopic (exact) mass is 193 g/mol. The van der Waals surface area contributed by atoms with Crippen molar-refractivity contribution in [3.63, 3.8) is 0 Å². The van der Waals surface area contributed by atoms with Crippen molar-refractivity contribution in [1.82, 2.24) is 4.98 Å². The first-order chi connectivity index (χ1) is 6.59. The van der Waals surface area contributed by atoms with Gasteiger partial charge in [-0.2, -0.15) is 0 Å². The van der Waals surface area contributed by atoms with Gasteiger partial charge >= 0.3 is 5.97 Å². The minimum Gasteiger partial charge on any atom is -0.463 e. The summed E-state index contributed by atoms with van der Waals surface area (Å²) in [5, 5.41) is 0. The zero-order chi connectivity index (χ0) is 10.6. The van der Waals surface area contributed by atoms with Crippen molar-refractivity contribution in [2.45, 2.75) is 33.3 Å². The molecular formula is C11H15NO2. The summed E-state index contributed by atoms with van der Waals surface area (Å²) < 4.78 is 5.04. The number of nitrogens with zero attached hydrogens (tertiary/aromatic N) is 1. The van der Waals surface area contributed by atoms with Gasteiger partial charge in [-0.15, -0.1) is 0 Å². The second-order valence-corrected chi connectivity index (χ2v) is 3.37. The Kier molecular flexibility index (Phi) is 3.63. The van der Waals surface area contributed by atoms with Crippen LogP contribution in [0.15, 0.2) is 18.3 Å². The van der Waals surface area contributed by atoms with E-state index in [9.17, 15) is 4.79 Å². The summed E-state index contributed by atoms with van der Waals surface area (Å²) in [6.45, 7) is 5.26. The van der Waals surface area contributed by atoms with Crippen molar-refractivity contribution < 1.29 is 9.53 Å². The van der Waals surface area contributed by atoms with Crippen molar-refractivity contribution in [1.29, 1.82) is 0 Å². The topological polar surface area (TPSA) is 39.2 Å². The fraction of sp³-hybridized carbons (Fsp3) is 0.455. The van der Waals surface area contributed by atoms with E-state index in [1.54, 1.807) is 6.20 Å². The first-order valence-corrected chi connectivity index (χ1v) is 4.67. The lowest BCUT2D eigenvalue weighted by atomic mass is 10.1. The van der Waals surface area contributed by atoms with E-state index in [1.165, 1.54) is 6.92 Å². The molecule has 1 heterocycles. The van der Waals surface area contributed by atoms with Crippen molar-refractivity contribution in [3.05, 3.63) is 29.6 Å². The molecule has 1 unspecified atom stereocenters. The smallest absolute Gasteiger partial charge is 0.302 e. The van der Waals surface area contributed by atoms with Gasteiger partial charge in [0.05, 0.1) is 0 Å². The Bertz CT molecular complexity index is 323. The lowest BCUT2D eigenvalue weighted by molar-refractivity contribution is -0.145. The summed E-state index contributed by atoms with van der Waals surface area (Å²) in [4.78, 5) is 14.9. The second kappa shape index (κ2) is 4.74. The maximum atomic E-state index is 10.7. The van der Waals surface area contributed by atoms with Gasteiger partial charge in [-0.3, -0.25) is 9.78 Å². The zero-order valence-electron chi connectivity index (χ0n) is 8.78. The lowest BCUT2D eigenvalue weighted by Crippen LogP contribution is -2.15. The molecule has 1 atom stereocenters. The molecule has 0 radical (unpaired) electrons. The number of carbonyl (C=O) groups excluding carboxylic acids is 1. The minimum atomic E-state index is -0.237. The maximum Gasteiger partial charge on any atom is 0.302 e. The van der Waals surface area contributed by atoms with E-state index in [2.05, 4.69) is 4.98 Å². The third kappa shape index (κ3) is 3.17. The Morgan fingerprint density at radius 1 is 1.64 bits per heavy atom. The van der Waals surface area contributed by atoms with Gasteiger partial charge in [-0.05, 0) is 25.5 Å². The Balaban J connectivity index is 2.60. The molecule has 0 aliphatic rings. The largest absolute Gasteiger partial charge is 0.463 e. The number of hydrogen-bond donors (Lipinski definition) is 0. The number of aromatic nitrogens is 1. The zero-order valence-corrected chi connectivity index (χ0v) is 8.78.